The Labute approximate surface area is 687 Å². The van der Waals surface area contributed by atoms with Crippen LogP contribution in [0.4, 0.5) is 0 Å². The van der Waals surface area contributed by atoms with Gasteiger partial charge in [-0.15, -0.1) is 11.3 Å². The maximum atomic E-state index is 13.0. The van der Waals surface area contributed by atoms with Gasteiger partial charge in [-0.3, -0.25) is 33.6 Å². The monoisotopic (exact) mass is 1660 g/mol. The lowest BCUT2D eigenvalue weighted by Gasteiger charge is -2.32. The van der Waals surface area contributed by atoms with E-state index in [9.17, 15) is 38.4 Å². The number of aryl methyl sites for hydroxylation is 1. The molecule has 21 rings (SSSR count). The van der Waals surface area contributed by atoms with Crippen LogP contribution in [0.3, 0.4) is 0 Å². The van der Waals surface area contributed by atoms with Crippen LogP contribution in [0, 0.1) is 0 Å². The number of para-hydroxylation sites is 5. The van der Waals surface area contributed by atoms with Gasteiger partial charge in [-0.1, -0.05) is 84.4 Å². The Bertz CT molecular complexity index is 6530. The van der Waals surface area contributed by atoms with Crippen LogP contribution in [0.2, 0.25) is 5.02 Å². The average Bonchev–Trinajstić information content (AvgIpc) is 1.64. The SMILES string of the molecule is CC(=O)CCc1nc2cccc3c2n1CCNC3=O.CC(=O)c1cccc(-c2nc3cccc4c3n2CCNC4=O)c1.CN1CCN(C(=O)c2cccc(-c3nc4cccc5c4n3CCNC5=O)c2)CC1.O=C1NCCn2c(-c3ccc(-c4ccccc4Cl)o3)nc3cccc1c32.O=C1NCCn2c(-c3ccc(Br)s3)nc3cccc1c32. The zero-order valence-electron chi connectivity index (χ0n) is 63.9. The van der Waals surface area contributed by atoms with Crippen LogP contribution < -0.4 is 26.6 Å². The maximum absolute atomic E-state index is 13.0. The van der Waals surface area contributed by atoms with E-state index in [1.54, 1.807) is 31.3 Å². The lowest BCUT2D eigenvalue weighted by atomic mass is 10.1. The molecule has 0 bridgehead atoms. The molecular weight excluding hydrogens is 1590 g/mol. The molecule has 588 valence electrons. The average molecular weight is 1660 g/mol. The van der Waals surface area contributed by atoms with E-state index in [1.165, 1.54) is 0 Å². The summed E-state index contributed by atoms with van der Waals surface area (Å²) in [5.41, 5.74) is 15.7. The van der Waals surface area contributed by atoms with Crippen LogP contribution in [-0.2, 0) is 43.9 Å². The highest BCUT2D eigenvalue weighted by molar-refractivity contribution is 9.11. The van der Waals surface area contributed by atoms with Gasteiger partial charge in [-0.25, -0.2) is 24.9 Å². The second-order valence-corrected chi connectivity index (χ2v) is 31.8. The summed E-state index contributed by atoms with van der Waals surface area (Å²) in [5.74, 6) is 5.39. The molecule has 7 aromatic heterocycles. The largest absolute Gasteiger partial charge is 0.453 e. The number of hydrogen-bond acceptors (Lipinski definition) is 16. The number of likely N-dealkylation sites (N-methyl/N-ethyl adjacent to an activating group) is 1. The van der Waals surface area contributed by atoms with Gasteiger partial charge in [0.1, 0.15) is 29.0 Å². The Morgan fingerprint density at radius 1 is 0.419 bits per heavy atom. The van der Waals surface area contributed by atoms with E-state index in [0.29, 0.717) is 133 Å². The van der Waals surface area contributed by atoms with Crippen molar-refractivity contribution in [2.45, 2.75) is 59.4 Å². The first-order valence-corrected chi connectivity index (χ1v) is 40.5. The van der Waals surface area contributed by atoms with Gasteiger partial charge in [0.25, 0.3) is 35.4 Å². The quantitative estimate of drug-likeness (QED) is 0.0795. The number of imidazole rings is 5. The molecule has 6 amide bonds. The molecule has 6 aliphatic heterocycles. The van der Waals surface area contributed by atoms with Gasteiger partial charge in [0.2, 0.25) is 0 Å². The Morgan fingerprint density at radius 2 is 0.812 bits per heavy atom. The van der Waals surface area contributed by atoms with Crippen molar-refractivity contribution in [2.24, 2.45) is 0 Å². The predicted molar refractivity (Wildman–Crippen MR) is 453 cm³/mol. The number of halogens is 2. The number of piperazine rings is 1. The van der Waals surface area contributed by atoms with E-state index in [0.717, 1.165) is 137 Å². The molecule has 15 aromatic rings. The number of carbonyl (C=O) groups is 8. The fourth-order valence-corrected chi connectivity index (χ4v) is 17.4. The van der Waals surface area contributed by atoms with Crippen LogP contribution in [-0.4, -0.2) is 171 Å². The zero-order chi connectivity index (χ0) is 80.7. The van der Waals surface area contributed by atoms with E-state index < -0.39 is 0 Å². The molecule has 5 N–H and O–H groups in total. The number of furan rings is 1. The first kappa shape index (κ1) is 76.6. The van der Waals surface area contributed by atoms with Crippen molar-refractivity contribution in [3.8, 4) is 56.4 Å². The van der Waals surface area contributed by atoms with Gasteiger partial charge < -0.3 is 68.4 Å². The number of benzene rings is 8. The molecule has 0 unspecified atom stereocenters. The second-order valence-electron chi connectivity index (χ2n) is 28.9. The van der Waals surface area contributed by atoms with E-state index >= 15 is 0 Å². The van der Waals surface area contributed by atoms with E-state index in [4.69, 9.17) is 36.0 Å². The van der Waals surface area contributed by atoms with Crippen LogP contribution in [0.1, 0.15) is 98.6 Å². The number of ketones is 2. The lowest BCUT2D eigenvalue weighted by molar-refractivity contribution is -0.117. The van der Waals surface area contributed by atoms with Crippen molar-refractivity contribution in [3.05, 3.63) is 242 Å². The lowest BCUT2D eigenvalue weighted by Crippen LogP contribution is -2.47. The molecule has 6 aliphatic rings. The molecule has 26 nitrogen and oxygen atoms in total. The maximum Gasteiger partial charge on any atom is 0.253 e. The first-order valence-electron chi connectivity index (χ1n) is 38.6. The van der Waals surface area contributed by atoms with Crippen molar-refractivity contribution >= 4 is 141 Å². The van der Waals surface area contributed by atoms with Crippen molar-refractivity contribution < 1.29 is 42.8 Å². The molecule has 0 radical (unpaired) electrons. The van der Waals surface area contributed by atoms with Gasteiger partial charge in [-0.2, -0.15) is 0 Å². The number of Topliss-reactive ketones (excluding diaryl/α,β-unsaturated/α-hetero) is 2. The minimum Gasteiger partial charge on any atom is -0.453 e. The molecule has 1 fully saturated rings. The summed E-state index contributed by atoms with van der Waals surface area (Å²) in [6, 6.07) is 58.6. The number of carbonyl (C=O) groups excluding carboxylic acids is 8. The number of amides is 6. The summed E-state index contributed by atoms with van der Waals surface area (Å²) in [5, 5.41) is 15.2. The number of aromatic nitrogens is 10. The fraction of sp³-hybridized carbons (Fsp3) is 0.216. The molecule has 0 saturated carbocycles. The molecular formula is C88H77BrClN17O9S. The van der Waals surface area contributed by atoms with Gasteiger partial charge in [0, 0.05) is 132 Å². The Kier molecular flexibility index (Phi) is 21.4. The van der Waals surface area contributed by atoms with Crippen molar-refractivity contribution in [3.63, 3.8) is 0 Å². The van der Waals surface area contributed by atoms with Crippen molar-refractivity contribution in [1.82, 2.24) is 84.1 Å². The second kappa shape index (κ2) is 32.7. The number of rotatable bonds is 10. The molecule has 0 atom stereocenters. The van der Waals surface area contributed by atoms with Gasteiger partial charge in [-0.05, 0) is 152 Å². The van der Waals surface area contributed by atoms with Crippen molar-refractivity contribution in [2.75, 3.05) is 66.0 Å². The topological polar surface area (TPSA) is 305 Å². The molecule has 0 spiro atoms. The smallest absolute Gasteiger partial charge is 0.253 e. The molecule has 1 saturated heterocycles. The van der Waals surface area contributed by atoms with E-state index in [2.05, 4.69) is 83.8 Å². The van der Waals surface area contributed by atoms with Crippen LogP contribution in [0.15, 0.2) is 196 Å². The summed E-state index contributed by atoms with van der Waals surface area (Å²) in [6.45, 7) is 12.6. The molecule has 0 aliphatic carbocycles. The van der Waals surface area contributed by atoms with Crippen LogP contribution in [0.5, 0.6) is 0 Å². The highest BCUT2D eigenvalue weighted by Crippen LogP contribution is 2.38. The third-order valence-electron chi connectivity index (χ3n) is 21.4. The summed E-state index contributed by atoms with van der Waals surface area (Å²) in [6.07, 6.45) is 1.11. The highest BCUT2D eigenvalue weighted by atomic mass is 79.9. The Hall–Kier alpha value is -13.0. The van der Waals surface area contributed by atoms with Gasteiger partial charge in [0.05, 0.1) is 96.7 Å². The Morgan fingerprint density at radius 3 is 1.27 bits per heavy atom. The van der Waals surface area contributed by atoms with E-state index in [-0.39, 0.29) is 47.0 Å². The molecule has 8 aromatic carbocycles. The number of thiophene rings is 1. The fourth-order valence-electron chi connectivity index (χ4n) is 15.7. The van der Waals surface area contributed by atoms with Crippen molar-refractivity contribution in [1.29, 1.82) is 0 Å². The van der Waals surface area contributed by atoms with Crippen LogP contribution >= 0.6 is 38.9 Å². The minimum absolute atomic E-state index is 0.0202. The minimum atomic E-state index is -0.0722. The predicted octanol–water partition coefficient (Wildman–Crippen LogP) is 13.4. The van der Waals surface area contributed by atoms with Gasteiger partial charge in [0.15, 0.2) is 23.2 Å². The molecule has 117 heavy (non-hydrogen) atoms. The zero-order valence-corrected chi connectivity index (χ0v) is 67.1. The first-order chi connectivity index (χ1) is 56.9. The summed E-state index contributed by atoms with van der Waals surface area (Å²) in [7, 11) is 2.08. The normalized spacial score (nSPS) is 14.8. The van der Waals surface area contributed by atoms with E-state index in [1.807, 2.05) is 185 Å². The number of nitrogens with one attached hydrogen (secondary N) is 5. The number of hydrogen-bond donors (Lipinski definition) is 5. The number of nitrogens with zero attached hydrogens (tertiary/aromatic N) is 12. The summed E-state index contributed by atoms with van der Waals surface area (Å²) in [4.78, 5) is 125. The molecule has 13 heterocycles. The highest BCUT2D eigenvalue weighted by Gasteiger charge is 2.30. The Balaban J connectivity index is 0.000000106. The van der Waals surface area contributed by atoms with Gasteiger partial charge >= 0.3 is 0 Å². The standard InChI is InChI=1S/C22H23N5O2.C20H14ClN3O2.C18H15N3O2.C14H10BrN3OS.C14H15N3O2/c1-25-10-12-26(13-11-25)22(29)16-5-2-4-15(14-16)20-24-18-7-3-6-17-19(18)27(20)9-8-23-21(17)28;21-14-6-2-1-4-12(14)16-8-9-17(26-16)19-23-15-7-3-5-13-18(15)24(19)11-10-22-20(13)25;1-11(22)12-4-2-5-13(10-12)17-20-15-7-3-6-14-16(15)21(17)9-8-19-18(14)23;15-11-5-4-10(20-11)13-17-9-3-1-2-8-12(9)18(13)7-6-16-14(8)19;1-9(18)5-6-12-16-11-4-2-3-10-13(11)17(12)8-7-15-14(10)19/h2-7,14H,8-13H2,1H3,(H,23,28);1-9H,10-11H2,(H,22,25);2-7,10H,8-9H2,1H3,(H,19,23);1-5H,6-7H2,(H,16,19);2-4H,5-8H2,1H3,(H,15,19). The third kappa shape index (κ3) is 15.2. The summed E-state index contributed by atoms with van der Waals surface area (Å²) < 4.78 is 17.5. The third-order valence-corrected chi connectivity index (χ3v) is 23.3. The van der Waals surface area contributed by atoms with Crippen LogP contribution in [0.25, 0.3) is 112 Å². The summed E-state index contributed by atoms with van der Waals surface area (Å²) >= 11 is 11.4. The molecule has 29 heteroatoms.